The summed E-state index contributed by atoms with van der Waals surface area (Å²) in [7, 11) is 0. The number of aromatic nitrogens is 3. The van der Waals surface area contributed by atoms with Gasteiger partial charge in [0.25, 0.3) is 0 Å². The molecule has 158 valence electrons. The predicted molar refractivity (Wildman–Crippen MR) is 117 cm³/mol. The monoisotopic (exact) mass is 416 g/mol. The van der Waals surface area contributed by atoms with Crippen LogP contribution in [-0.2, 0) is 4.79 Å². The molecule has 0 radical (unpaired) electrons. The topological polar surface area (TPSA) is 66.3 Å². The molecule has 0 bridgehead atoms. The minimum atomic E-state index is 0.0398. The van der Waals surface area contributed by atoms with Gasteiger partial charge >= 0.3 is 0 Å². The lowest BCUT2D eigenvalue weighted by atomic mass is 9.97. The van der Waals surface area contributed by atoms with E-state index in [9.17, 15) is 4.79 Å². The predicted octanol–water partition coefficient (Wildman–Crippen LogP) is 2.76. The number of piperidine rings is 1. The molecule has 29 heavy (non-hydrogen) atoms. The number of anilines is 1. The second-order valence-corrected chi connectivity index (χ2v) is 9.23. The lowest BCUT2D eigenvalue weighted by Gasteiger charge is -2.31. The Balaban J connectivity index is 1.29. The van der Waals surface area contributed by atoms with Gasteiger partial charge in [-0.3, -0.25) is 9.36 Å². The van der Waals surface area contributed by atoms with E-state index in [1.165, 1.54) is 25.9 Å². The van der Waals surface area contributed by atoms with Crippen molar-refractivity contribution in [1.82, 2.24) is 25.0 Å². The maximum Gasteiger partial charge on any atom is 0.224 e. The maximum atomic E-state index is 12.7. The van der Waals surface area contributed by atoms with Crippen molar-refractivity contribution < 1.29 is 4.79 Å². The summed E-state index contributed by atoms with van der Waals surface area (Å²) < 4.78 is 2.13. The minimum Gasteiger partial charge on any atom is -0.356 e. The highest BCUT2D eigenvalue weighted by Gasteiger charge is 2.28. The molecular weight excluding hydrogens is 384 g/mol. The van der Waals surface area contributed by atoms with Crippen molar-refractivity contribution in [2.24, 2.45) is 5.92 Å². The van der Waals surface area contributed by atoms with E-state index in [0.717, 1.165) is 67.1 Å². The Morgan fingerprint density at radius 3 is 2.59 bits per heavy atom. The fraction of sp³-hybridized carbons (Fsp3) is 0.667. The third-order valence-corrected chi connectivity index (χ3v) is 7.05. The molecule has 0 aromatic carbocycles. The molecule has 4 heterocycles. The van der Waals surface area contributed by atoms with Crippen molar-refractivity contribution in [2.45, 2.75) is 46.0 Å². The smallest absolute Gasteiger partial charge is 0.224 e. The SMILES string of the molecule is Cc1ccc(C)n1-c1nnc(N2CCC[C@@H](C(=O)NCCCN3CCCC3)C2)s1. The first kappa shape index (κ1) is 20.3. The van der Waals surface area contributed by atoms with Crippen molar-refractivity contribution in [3.8, 4) is 5.13 Å². The molecule has 2 aliphatic heterocycles. The molecule has 2 aliphatic rings. The van der Waals surface area contributed by atoms with Crippen LogP contribution in [0, 0.1) is 19.8 Å². The summed E-state index contributed by atoms with van der Waals surface area (Å²) in [5, 5.41) is 13.8. The largest absolute Gasteiger partial charge is 0.356 e. The van der Waals surface area contributed by atoms with Gasteiger partial charge < -0.3 is 15.1 Å². The molecule has 0 spiro atoms. The molecule has 2 saturated heterocycles. The fourth-order valence-electron chi connectivity index (χ4n) is 4.43. The number of hydrogen-bond acceptors (Lipinski definition) is 6. The zero-order chi connectivity index (χ0) is 20.2. The summed E-state index contributed by atoms with van der Waals surface area (Å²) in [5.74, 6) is 0.232. The summed E-state index contributed by atoms with van der Waals surface area (Å²) >= 11 is 1.60. The highest BCUT2D eigenvalue weighted by Crippen LogP contribution is 2.29. The van der Waals surface area contributed by atoms with E-state index in [0.29, 0.717) is 0 Å². The van der Waals surface area contributed by atoms with Crippen LogP contribution in [-0.4, -0.2) is 64.8 Å². The number of nitrogens with zero attached hydrogens (tertiary/aromatic N) is 5. The fourth-order valence-corrected chi connectivity index (χ4v) is 5.43. The Kier molecular flexibility index (Phi) is 6.50. The molecule has 0 unspecified atom stereocenters. The Morgan fingerprint density at radius 1 is 1.10 bits per heavy atom. The van der Waals surface area contributed by atoms with Crippen LogP contribution in [0.1, 0.15) is 43.5 Å². The molecule has 1 atom stereocenters. The first-order valence-electron chi connectivity index (χ1n) is 10.9. The summed E-state index contributed by atoms with van der Waals surface area (Å²) in [5.41, 5.74) is 2.32. The molecule has 1 amide bonds. The molecule has 0 saturated carbocycles. The van der Waals surface area contributed by atoms with Gasteiger partial charge in [0.15, 0.2) is 0 Å². The zero-order valence-electron chi connectivity index (χ0n) is 17.6. The Morgan fingerprint density at radius 2 is 1.83 bits per heavy atom. The number of amides is 1. The second kappa shape index (κ2) is 9.26. The lowest BCUT2D eigenvalue weighted by Crippen LogP contribution is -2.43. The van der Waals surface area contributed by atoms with E-state index in [1.807, 2.05) is 0 Å². The molecule has 1 N–H and O–H groups in total. The number of rotatable bonds is 7. The van der Waals surface area contributed by atoms with Crippen LogP contribution in [0.5, 0.6) is 0 Å². The quantitative estimate of drug-likeness (QED) is 0.703. The van der Waals surface area contributed by atoms with Crippen LogP contribution >= 0.6 is 11.3 Å². The van der Waals surface area contributed by atoms with Crippen LogP contribution in [0.4, 0.5) is 5.13 Å². The molecule has 7 nitrogen and oxygen atoms in total. The third kappa shape index (κ3) is 4.80. The highest BCUT2D eigenvalue weighted by atomic mass is 32.1. The molecule has 2 aromatic rings. The number of likely N-dealkylation sites (tertiary alicyclic amines) is 1. The van der Waals surface area contributed by atoms with Gasteiger partial charge in [-0.05, 0) is 77.7 Å². The van der Waals surface area contributed by atoms with E-state index in [-0.39, 0.29) is 11.8 Å². The van der Waals surface area contributed by atoms with E-state index in [4.69, 9.17) is 0 Å². The van der Waals surface area contributed by atoms with Crippen molar-refractivity contribution in [3.63, 3.8) is 0 Å². The standard InChI is InChI=1S/C21H32N6OS/c1-16-8-9-17(2)27(16)21-24-23-20(29-21)26-14-5-7-18(15-26)19(28)22-10-6-13-25-11-3-4-12-25/h8-9,18H,3-7,10-15H2,1-2H3,(H,22,28)/t18-/m1/s1. The van der Waals surface area contributed by atoms with Gasteiger partial charge in [-0.2, -0.15) is 0 Å². The molecule has 4 rings (SSSR count). The summed E-state index contributed by atoms with van der Waals surface area (Å²) in [6, 6.07) is 4.20. The Bertz CT molecular complexity index is 806. The zero-order valence-corrected chi connectivity index (χ0v) is 18.4. The average Bonchev–Trinajstić information content (AvgIpc) is 3.47. The molecule has 2 aromatic heterocycles. The highest BCUT2D eigenvalue weighted by molar-refractivity contribution is 7.17. The number of carbonyl (C=O) groups is 1. The van der Waals surface area contributed by atoms with Crippen LogP contribution in [0.2, 0.25) is 0 Å². The number of carbonyl (C=O) groups excluding carboxylic acids is 1. The van der Waals surface area contributed by atoms with Crippen molar-refractivity contribution in [3.05, 3.63) is 23.5 Å². The molecular formula is C21H32N6OS. The van der Waals surface area contributed by atoms with Crippen LogP contribution < -0.4 is 10.2 Å². The van der Waals surface area contributed by atoms with Crippen molar-refractivity contribution >= 4 is 22.4 Å². The third-order valence-electron chi connectivity index (χ3n) is 6.08. The number of aryl methyl sites for hydroxylation is 2. The number of hydrogen-bond donors (Lipinski definition) is 1. The van der Waals surface area contributed by atoms with Gasteiger partial charge in [0.2, 0.25) is 16.2 Å². The molecule has 0 aliphatic carbocycles. The average molecular weight is 417 g/mol. The Labute approximate surface area is 177 Å². The second-order valence-electron chi connectivity index (χ2n) is 8.30. The van der Waals surface area contributed by atoms with Crippen LogP contribution in [0.25, 0.3) is 5.13 Å². The van der Waals surface area contributed by atoms with E-state index in [1.54, 1.807) is 11.3 Å². The van der Waals surface area contributed by atoms with Gasteiger partial charge in [0.1, 0.15) is 0 Å². The van der Waals surface area contributed by atoms with Crippen LogP contribution in [0.3, 0.4) is 0 Å². The lowest BCUT2D eigenvalue weighted by molar-refractivity contribution is -0.125. The van der Waals surface area contributed by atoms with Gasteiger partial charge in [-0.1, -0.05) is 11.3 Å². The first-order valence-corrected chi connectivity index (χ1v) is 11.7. The first-order chi connectivity index (χ1) is 14.1. The molecule has 2 fully saturated rings. The molecule has 8 heteroatoms. The van der Waals surface area contributed by atoms with Crippen LogP contribution in [0.15, 0.2) is 12.1 Å². The summed E-state index contributed by atoms with van der Waals surface area (Å²) in [6.07, 6.45) is 5.65. The summed E-state index contributed by atoms with van der Waals surface area (Å²) in [4.78, 5) is 17.4. The Hall–Kier alpha value is -1.93. The van der Waals surface area contributed by atoms with Crippen molar-refractivity contribution in [2.75, 3.05) is 44.2 Å². The summed E-state index contributed by atoms with van der Waals surface area (Å²) in [6.45, 7) is 10.2. The van der Waals surface area contributed by atoms with Gasteiger partial charge in [-0.25, -0.2) is 0 Å². The van der Waals surface area contributed by atoms with E-state index >= 15 is 0 Å². The number of nitrogens with one attached hydrogen (secondary N) is 1. The normalized spacial score (nSPS) is 20.3. The van der Waals surface area contributed by atoms with E-state index in [2.05, 4.69) is 55.9 Å². The minimum absolute atomic E-state index is 0.0398. The van der Waals surface area contributed by atoms with Gasteiger partial charge in [0, 0.05) is 31.0 Å². The maximum absolute atomic E-state index is 12.7. The van der Waals surface area contributed by atoms with Crippen molar-refractivity contribution in [1.29, 1.82) is 0 Å². The van der Waals surface area contributed by atoms with Gasteiger partial charge in [-0.15, -0.1) is 10.2 Å². The van der Waals surface area contributed by atoms with E-state index < -0.39 is 0 Å². The van der Waals surface area contributed by atoms with Gasteiger partial charge in [0.05, 0.1) is 5.92 Å².